The molecule has 0 aliphatic heterocycles. The molecule has 0 aliphatic rings. The number of nitriles is 2. The Balaban J connectivity index is 1.54. The van der Waals surface area contributed by atoms with E-state index in [9.17, 15) is 23.7 Å². The summed E-state index contributed by atoms with van der Waals surface area (Å²) < 4.78 is 41.8. The summed E-state index contributed by atoms with van der Waals surface area (Å²) in [5, 5.41) is 25.3. The van der Waals surface area contributed by atoms with Crippen LogP contribution in [0, 0.1) is 29.8 Å². The number of hydrogen-bond acceptors (Lipinski definition) is 5. The van der Waals surface area contributed by atoms with E-state index in [4.69, 9.17) is 0 Å². The molecule has 0 saturated heterocycles. The van der Waals surface area contributed by atoms with Gasteiger partial charge in [0.05, 0.1) is 15.0 Å². The van der Waals surface area contributed by atoms with Gasteiger partial charge < -0.3 is 0 Å². The average Bonchev–Trinajstić information content (AvgIpc) is 3.60. The Morgan fingerprint density at radius 2 is 1.12 bits per heavy atom. The van der Waals surface area contributed by atoms with Crippen LogP contribution in [0.25, 0.3) is 64.0 Å². The van der Waals surface area contributed by atoms with Gasteiger partial charge in [-0.3, -0.25) is 0 Å². The van der Waals surface area contributed by atoms with Crippen LogP contribution >= 0.6 is 11.3 Å². The van der Waals surface area contributed by atoms with Gasteiger partial charge in [0.2, 0.25) is 12.4 Å². The van der Waals surface area contributed by atoms with Crippen LogP contribution in [0.2, 0.25) is 0 Å². The molecule has 42 heavy (non-hydrogen) atoms. The van der Waals surface area contributed by atoms with Crippen LogP contribution < -0.4 is 10.7 Å². The SMILES string of the molecule is Cc1cccc(-c2ccc3c(c2)/c(=N/C#N)c2sc4/c(=N/C#N)c5cc(-c6cccc(C(F)(F)F)c6)ccc5c4c23)c1. The molecule has 0 amide bonds. The number of benzene rings is 4. The van der Waals surface area contributed by atoms with Crippen molar-refractivity contribution in [1.82, 2.24) is 0 Å². The van der Waals surface area contributed by atoms with Crippen molar-refractivity contribution < 1.29 is 13.2 Å². The lowest BCUT2D eigenvalue weighted by molar-refractivity contribution is -0.137. The van der Waals surface area contributed by atoms with Crippen molar-refractivity contribution in [2.45, 2.75) is 13.1 Å². The molecule has 0 radical (unpaired) electrons. The van der Waals surface area contributed by atoms with Gasteiger partial charge >= 0.3 is 6.18 Å². The quantitative estimate of drug-likeness (QED) is 0.195. The number of aryl methyl sites for hydroxylation is 1. The van der Waals surface area contributed by atoms with Crippen LogP contribution in [0.15, 0.2) is 94.9 Å². The zero-order valence-corrected chi connectivity index (χ0v) is 22.7. The largest absolute Gasteiger partial charge is 0.416 e. The number of fused-ring (bicyclic) bond motifs is 7. The summed E-state index contributed by atoms with van der Waals surface area (Å²) in [6, 6.07) is 25.0. The molecule has 0 atom stereocenters. The van der Waals surface area contributed by atoms with Crippen LogP contribution in [0.5, 0.6) is 0 Å². The molecular weight excluding hydrogens is 553 g/mol. The number of alkyl halides is 3. The molecule has 0 bridgehead atoms. The maximum absolute atomic E-state index is 13.4. The second-order valence-corrected chi connectivity index (χ2v) is 11.1. The van der Waals surface area contributed by atoms with Gasteiger partial charge in [0.25, 0.3) is 0 Å². The van der Waals surface area contributed by atoms with Crippen LogP contribution in [-0.4, -0.2) is 0 Å². The van der Waals surface area contributed by atoms with Gasteiger partial charge in [0, 0.05) is 21.5 Å². The first-order valence-corrected chi connectivity index (χ1v) is 13.8. The van der Waals surface area contributed by atoms with E-state index in [0.717, 1.165) is 65.2 Å². The maximum Gasteiger partial charge on any atom is 0.416 e. The summed E-state index contributed by atoms with van der Waals surface area (Å²) in [4.78, 5) is 8.36. The molecule has 4 nitrogen and oxygen atoms in total. The molecule has 0 aliphatic carbocycles. The minimum absolute atomic E-state index is 0.418. The Bertz CT molecular complexity index is 2440. The molecule has 7 rings (SSSR count). The Morgan fingerprint density at radius 1 is 0.619 bits per heavy atom. The molecular formula is C34H17F3N4S. The van der Waals surface area contributed by atoms with Crippen LogP contribution in [0.1, 0.15) is 11.1 Å². The van der Waals surface area contributed by atoms with E-state index in [2.05, 4.69) is 22.1 Å². The minimum Gasteiger partial charge on any atom is -0.172 e. The third-order valence-electron chi connectivity index (χ3n) is 7.62. The predicted octanol–water partition coefficient (Wildman–Crippen LogP) is 8.66. The highest BCUT2D eigenvalue weighted by Gasteiger charge is 2.30. The van der Waals surface area contributed by atoms with Crippen LogP contribution in [0.3, 0.4) is 0 Å². The first-order valence-electron chi connectivity index (χ1n) is 12.9. The molecule has 7 aromatic rings. The van der Waals surface area contributed by atoms with Crippen molar-refractivity contribution in [2.24, 2.45) is 9.98 Å². The molecule has 0 spiro atoms. The van der Waals surface area contributed by atoms with E-state index in [0.29, 0.717) is 27.2 Å². The lowest BCUT2D eigenvalue weighted by atomic mass is 9.99. The zero-order valence-electron chi connectivity index (χ0n) is 21.9. The van der Waals surface area contributed by atoms with Gasteiger partial charge in [0.1, 0.15) is 10.7 Å². The third-order valence-corrected chi connectivity index (χ3v) is 8.83. The molecule has 0 saturated carbocycles. The summed E-state index contributed by atoms with van der Waals surface area (Å²) in [7, 11) is 0. The highest BCUT2D eigenvalue weighted by atomic mass is 32.1. The Kier molecular flexibility index (Phi) is 5.72. The van der Waals surface area contributed by atoms with E-state index in [1.807, 2.05) is 55.7 Å². The standard InChI is InChI=1S/C34H17F3N4S/c1-18-4-2-5-19(12-18)21-8-10-24-26(14-21)30(40-16-38)32-28(24)29-25-11-9-22(15-27(25)31(41-17-39)33(29)42-32)20-6-3-7-23(13-20)34(35,36)37/h2-15H,1H3/b40-30-,41-31+. The molecule has 1 heterocycles. The topological polar surface area (TPSA) is 72.3 Å². The number of hydrogen-bond donors (Lipinski definition) is 0. The normalized spacial score (nSPS) is 13.0. The lowest BCUT2D eigenvalue weighted by Gasteiger charge is -2.09. The van der Waals surface area contributed by atoms with E-state index in [1.165, 1.54) is 17.4 Å². The van der Waals surface area contributed by atoms with Crippen molar-refractivity contribution in [3.05, 3.63) is 107 Å². The van der Waals surface area contributed by atoms with Crippen LogP contribution in [-0.2, 0) is 6.18 Å². The van der Waals surface area contributed by atoms with E-state index >= 15 is 0 Å². The van der Waals surface area contributed by atoms with Gasteiger partial charge in [-0.25, -0.2) is 0 Å². The second kappa shape index (κ2) is 9.37. The van der Waals surface area contributed by atoms with E-state index < -0.39 is 11.7 Å². The first-order chi connectivity index (χ1) is 20.3. The summed E-state index contributed by atoms with van der Waals surface area (Å²) in [6.07, 6.45) is -0.612. The Hall–Kier alpha value is -5.31. The fourth-order valence-corrected chi connectivity index (χ4v) is 7.16. The number of rotatable bonds is 2. The lowest BCUT2D eigenvalue weighted by Crippen LogP contribution is -2.04. The van der Waals surface area contributed by atoms with Gasteiger partial charge in [-0.05, 0) is 64.2 Å². The Morgan fingerprint density at radius 3 is 1.62 bits per heavy atom. The van der Waals surface area contributed by atoms with Crippen molar-refractivity contribution in [3.8, 4) is 34.6 Å². The average molecular weight is 571 g/mol. The van der Waals surface area contributed by atoms with Gasteiger partial charge in [0.15, 0.2) is 0 Å². The fourth-order valence-electron chi connectivity index (χ4n) is 5.82. The monoisotopic (exact) mass is 570 g/mol. The fraction of sp³-hybridized carbons (Fsp3) is 0.0588. The number of nitrogens with zero attached hydrogens (tertiary/aromatic N) is 4. The Labute approximate surface area is 240 Å². The molecule has 0 fully saturated rings. The van der Waals surface area contributed by atoms with Gasteiger partial charge in [-0.2, -0.15) is 33.7 Å². The first kappa shape index (κ1) is 25.6. The van der Waals surface area contributed by atoms with Gasteiger partial charge in [-0.15, -0.1) is 11.3 Å². The van der Waals surface area contributed by atoms with E-state index in [-0.39, 0.29) is 0 Å². The maximum atomic E-state index is 13.4. The van der Waals surface area contributed by atoms with Gasteiger partial charge in [-0.1, -0.05) is 66.2 Å². The summed E-state index contributed by atoms with van der Waals surface area (Å²) in [5.41, 5.74) is 3.49. The van der Waals surface area contributed by atoms with Crippen LogP contribution in [0.4, 0.5) is 13.2 Å². The number of halogens is 3. The van der Waals surface area contributed by atoms with Crippen molar-refractivity contribution in [3.63, 3.8) is 0 Å². The van der Waals surface area contributed by atoms with Crippen molar-refractivity contribution in [1.29, 1.82) is 10.5 Å². The summed E-state index contributed by atoms with van der Waals surface area (Å²) in [5.74, 6) is 0. The minimum atomic E-state index is -4.46. The highest BCUT2D eigenvalue weighted by Crippen LogP contribution is 2.43. The third kappa shape index (κ3) is 3.88. The van der Waals surface area contributed by atoms with Crippen molar-refractivity contribution >= 4 is 53.1 Å². The highest BCUT2D eigenvalue weighted by molar-refractivity contribution is 7.26. The van der Waals surface area contributed by atoms with E-state index in [1.54, 1.807) is 18.2 Å². The molecule has 200 valence electrons. The second-order valence-electron chi connectivity index (χ2n) is 10.1. The molecule has 0 unspecified atom stereocenters. The van der Waals surface area contributed by atoms with Crippen molar-refractivity contribution in [2.75, 3.05) is 0 Å². The number of thiophene rings is 1. The summed E-state index contributed by atoms with van der Waals surface area (Å²) >= 11 is 1.42. The molecule has 6 aromatic carbocycles. The molecule has 0 N–H and O–H groups in total. The predicted molar refractivity (Wildman–Crippen MR) is 160 cm³/mol. The molecule has 1 aromatic heterocycles. The summed E-state index contributed by atoms with van der Waals surface area (Å²) in [6.45, 7) is 2.04. The molecule has 8 heteroatoms. The zero-order chi connectivity index (χ0) is 29.2. The smallest absolute Gasteiger partial charge is 0.172 e.